The van der Waals surface area contributed by atoms with Crippen LogP contribution in [0.1, 0.15) is 25.8 Å². The summed E-state index contributed by atoms with van der Waals surface area (Å²) in [6.07, 6.45) is 3.69. The lowest BCUT2D eigenvalue weighted by Gasteiger charge is -2.20. The van der Waals surface area contributed by atoms with Crippen LogP contribution in [0.15, 0.2) is 28.7 Å². The van der Waals surface area contributed by atoms with Crippen molar-refractivity contribution in [2.75, 3.05) is 13.7 Å². The van der Waals surface area contributed by atoms with Crippen LogP contribution in [-0.4, -0.2) is 30.3 Å². The Morgan fingerprint density at radius 2 is 2.25 bits per heavy atom. The molecule has 0 heterocycles. The third-order valence-corrected chi connectivity index (χ3v) is 3.50. The maximum Gasteiger partial charge on any atom is 0.244 e. The molecule has 0 aliphatic heterocycles. The van der Waals surface area contributed by atoms with Gasteiger partial charge in [-0.3, -0.25) is 4.79 Å². The number of ether oxygens (including phenoxy) is 1. The standard InChI is InChI=1S/C15H20BrNO3/c1-4-15(2,19)10-17-14(18)8-5-11-9-12(16)6-7-13(11)20-3/h5-9,19H,4,10H2,1-3H3,(H,17,18). The number of halogens is 1. The number of methoxy groups -OCH3 is 1. The van der Waals surface area contributed by atoms with Gasteiger partial charge >= 0.3 is 0 Å². The summed E-state index contributed by atoms with van der Waals surface area (Å²) in [5.41, 5.74) is -0.0731. The lowest BCUT2D eigenvalue weighted by molar-refractivity contribution is -0.117. The van der Waals surface area contributed by atoms with Crippen LogP contribution in [0.4, 0.5) is 0 Å². The van der Waals surface area contributed by atoms with Gasteiger partial charge in [0.05, 0.1) is 12.7 Å². The fraction of sp³-hybridized carbons (Fsp3) is 0.400. The Labute approximate surface area is 128 Å². The number of amides is 1. The Morgan fingerprint density at radius 3 is 2.85 bits per heavy atom. The molecule has 0 aliphatic carbocycles. The molecule has 1 unspecified atom stereocenters. The maximum absolute atomic E-state index is 11.7. The van der Waals surface area contributed by atoms with Crippen LogP contribution in [-0.2, 0) is 4.79 Å². The van der Waals surface area contributed by atoms with Crippen LogP contribution in [0.25, 0.3) is 6.08 Å². The summed E-state index contributed by atoms with van der Waals surface area (Å²) in [7, 11) is 1.58. The second kappa shape index (κ2) is 7.45. The SMILES string of the molecule is CCC(C)(O)CNC(=O)C=Cc1cc(Br)ccc1OC. The fourth-order valence-electron chi connectivity index (χ4n) is 1.46. The number of carbonyl (C=O) groups is 1. The number of nitrogens with one attached hydrogen (secondary N) is 1. The van der Waals surface area contributed by atoms with Crippen LogP contribution < -0.4 is 10.1 Å². The third-order valence-electron chi connectivity index (χ3n) is 3.01. The summed E-state index contributed by atoms with van der Waals surface area (Å²) in [5.74, 6) is 0.443. The number of hydrogen-bond donors (Lipinski definition) is 2. The minimum atomic E-state index is -0.878. The molecule has 0 aromatic heterocycles. The molecule has 0 saturated carbocycles. The molecule has 110 valence electrons. The zero-order chi connectivity index (χ0) is 15.2. The molecule has 0 bridgehead atoms. The maximum atomic E-state index is 11.7. The van der Waals surface area contributed by atoms with Crippen molar-refractivity contribution in [1.29, 1.82) is 0 Å². The summed E-state index contributed by atoms with van der Waals surface area (Å²) < 4.78 is 6.13. The van der Waals surface area contributed by atoms with Crippen LogP contribution in [0.3, 0.4) is 0 Å². The molecule has 0 aliphatic rings. The second-order valence-electron chi connectivity index (χ2n) is 4.79. The van der Waals surface area contributed by atoms with Crippen LogP contribution >= 0.6 is 15.9 Å². The summed E-state index contributed by atoms with van der Waals surface area (Å²) in [6.45, 7) is 3.78. The first kappa shape index (κ1) is 16.7. The summed E-state index contributed by atoms with van der Waals surface area (Å²) in [4.78, 5) is 11.7. The van der Waals surface area contributed by atoms with E-state index in [1.165, 1.54) is 6.08 Å². The quantitative estimate of drug-likeness (QED) is 0.782. The number of hydrogen-bond acceptors (Lipinski definition) is 3. The number of benzene rings is 1. The first-order chi connectivity index (χ1) is 9.38. The zero-order valence-electron chi connectivity index (χ0n) is 11.9. The van der Waals surface area contributed by atoms with E-state index in [-0.39, 0.29) is 12.5 Å². The molecule has 2 N–H and O–H groups in total. The summed E-state index contributed by atoms with van der Waals surface area (Å²) in [6, 6.07) is 5.56. The molecule has 0 radical (unpaired) electrons. The van der Waals surface area contributed by atoms with Crippen molar-refractivity contribution in [1.82, 2.24) is 5.32 Å². The van der Waals surface area contributed by atoms with Gasteiger partial charge in [0.15, 0.2) is 0 Å². The molecule has 1 aromatic rings. The first-order valence-corrected chi connectivity index (χ1v) is 7.19. The molecular formula is C15H20BrNO3. The van der Waals surface area contributed by atoms with Crippen molar-refractivity contribution in [3.8, 4) is 5.75 Å². The molecule has 0 saturated heterocycles. The van der Waals surface area contributed by atoms with E-state index in [4.69, 9.17) is 4.74 Å². The van der Waals surface area contributed by atoms with Gasteiger partial charge in [-0.1, -0.05) is 22.9 Å². The Morgan fingerprint density at radius 1 is 1.55 bits per heavy atom. The van der Waals surface area contributed by atoms with Gasteiger partial charge in [-0.2, -0.15) is 0 Å². The Hall–Kier alpha value is -1.33. The number of rotatable bonds is 6. The van der Waals surface area contributed by atoms with Gasteiger partial charge < -0.3 is 15.2 Å². The van der Waals surface area contributed by atoms with Gasteiger partial charge in [-0.15, -0.1) is 0 Å². The third kappa shape index (κ3) is 5.35. The molecule has 20 heavy (non-hydrogen) atoms. The molecule has 1 aromatic carbocycles. The zero-order valence-corrected chi connectivity index (χ0v) is 13.5. The average molecular weight is 342 g/mol. The molecule has 4 nitrogen and oxygen atoms in total. The minimum Gasteiger partial charge on any atom is -0.496 e. The lowest BCUT2D eigenvalue weighted by atomic mass is 10.0. The van der Waals surface area contributed by atoms with Crippen molar-refractivity contribution < 1.29 is 14.6 Å². The highest BCUT2D eigenvalue weighted by atomic mass is 79.9. The van der Waals surface area contributed by atoms with E-state index in [0.29, 0.717) is 12.2 Å². The van der Waals surface area contributed by atoms with Gasteiger partial charge in [-0.25, -0.2) is 0 Å². The topological polar surface area (TPSA) is 58.6 Å². The number of aliphatic hydroxyl groups is 1. The second-order valence-corrected chi connectivity index (χ2v) is 5.70. The Kier molecular flexibility index (Phi) is 6.23. The van der Waals surface area contributed by atoms with E-state index in [0.717, 1.165) is 10.0 Å². The predicted octanol–water partition coefficient (Wildman–Crippen LogP) is 2.75. The van der Waals surface area contributed by atoms with Gasteiger partial charge in [-0.05, 0) is 37.6 Å². The minimum absolute atomic E-state index is 0.224. The van der Waals surface area contributed by atoms with Crippen LogP contribution in [0.5, 0.6) is 5.75 Å². The molecule has 0 fully saturated rings. The highest BCUT2D eigenvalue weighted by Crippen LogP contribution is 2.24. The summed E-state index contributed by atoms with van der Waals surface area (Å²) >= 11 is 3.38. The molecular weight excluding hydrogens is 322 g/mol. The highest BCUT2D eigenvalue weighted by molar-refractivity contribution is 9.10. The largest absolute Gasteiger partial charge is 0.496 e. The highest BCUT2D eigenvalue weighted by Gasteiger charge is 2.17. The van der Waals surface area contributed by atoms with Crippen molar-refractivity contribution in [2.45, 2.75) is 25.9 Å². The molecule has 0 spiro atoms. The Balaban J connectivity index is 2.68. The van der Waals surface area contributed by atoms with Gasteiger partial charge in [0, 0.05) is 22.7 Å². The smallest absolute Gasteiger partial charge is 0.244 e. The summed E-state index contributed by atoms with van der Waals surface area (Å²) in [5, 5.41) is 12.5. The average Bonchev–Trinajstić information content (AvgIpc) is 2.43. The monoisotopic (exact) mass is 341 g/mol. The van der Waals surface area contributed by atoms with E-state index in [1.54, 1.807) is 20.1 Å². The molecule has 1 amide bonds. The van der Waals surface area contributed by atoms with Crippen molar-refractivity contribution in [3.63, 3.8) is 0 Å². The predicted molar refractivity (Wildman–Crippen MR) is 83.7 cm³/mol. The van der Waals surface area contributed by atoms with E-state index in [1.807, 2.05) is 25.1 Å². The van der Waals surface area contributed by atoms with E-state index in [9.17, 15) is 9.90 Å². The van der Waals surface area contributed by atoms with Gasteiger partial charge in [0.2, 0.25) is 5.91 Å². The fourth-order valence-corrected chi connectivity index (χ4v) is 1.84. The van der Waals surface area contributed by atoms with Crippen molar-refractivity contribution in [2.24, 2.45) is 0 Å². The van der Waals surface area contributed by atoms with E-state index < -0.39 is 5.60 Å². The van der Waals surface area contributed by atoms with Crippen molar-refractivity contribution in [3.05, 3.63) is 34.3 Å². The first-order valence-electron chi connectivity index (χ1n) is 6.40. The van der Waals surface area contributed by atoms with Gasteiger partial charge in [0.1, 0.15) is 5.75 Å². The van der Waals surface area contributed by atoms with Crippen molar-refractivity contribution >= 4 is 27.9 Å². The molecule has 1 rings (SSSR count). The molecule has 1 atom stereocenters. The number of carbonyl (C=O) groups excluding carboxylic acids is 1. The van der Waals surface area contributed by atoms with Crippen LogP contribution in [0, 0.1) is 0 Å². The van der Waals surface area contributed by atoms with E-state index >= 15 is 0 Å². The Bertz CT molecular complexity index is 498. The molecule has 5 heteroatoms. The lowest BCUT2D eigenvalue weighted by Crippen LogP contribution is -2.39. The van der Waals surface area contributed by atoms with Crippen LogP contribution in [0.2, 0.25) is 0 Å². The van der Waals surface area contributed by atoms with Gasteiger partial charge in [0.25, 0.3) is 0 Å². The van der Waals surface area contributed by atoms with E-state index in [2.05, 4.69) is 21.2 Å². The normalized spacial score (nSPS) is 14.1.